The second kappa shape index (κ2) is 9.30. The molecule has 1 aliphatic rings. The summed E-state index contributed by atoms with van der Waals surface area (Å²) in [6.45, 7) is 4.61. The molecule has 1 amide bonds. The SMILES string of the molecule is Cc1nn(-c2ccc(F)cc2)c(Cl)c1/C=C/C(=O)N1CCCN(c2nc3ccccc3[nH]2)CC1. The van der Waals surface area contributed by atoms with Gasteiger partial charge in [-0.3, -0.25) is 4.79 Å². The van der Waals surface area contributed by atoms with E-state index in [1.54, 1.807) is 24.3 Å². The van der Waals surface area contributed by atoms with Gasteiger partial charge in [0, 0.05) is 37.8 Å². The van der Waals surface area contributed by atoms with Gasteiger partial charge in [-0.25, -0.2) is 14.1 Å². The van der Waals surface area contributed by atoms with Crippen LogP contribution in [0.5, 0.6) is 0 Å². The number of benzene rings is 2. The van der Waals surface area contributed by atoms with Crippen LogP contribution in [0.15, 0.2) is 54.6 Å². The van der Waals surface area contributed by atoms with E-state index in [-0.39, 0.29) is 11.7 Å². The fourth-order valence-electron chi connectivity index (χ4n) is 4.15. The molecule has 1 aliphatic heterocycles. The number of aryl methyl sites for hydroxylation is 1. The summed E-state index contributed by atoms with van der Waals surface area (Å²) in [6, 6.07) is 13.9. The van der Waals surface area contributed by atoms with Gasteiger partial charge in [0.15, 0.2) is 0 Å². The second-order valence-corrected chi connectivity index (χ2v) is 8.61. The van der Waals surface area contributed by atoms with Crippen LogP contribution in [0, 0.1) is 12.7 Å². The van der Waals surface area contributed by atoms with Crippen LogP contribution in [0.4, 0.5) is 10.3 Å². The number of hydrogen-bond acceptors (Lipinski definition) is 4. The van der Waals surface area contributed by atoms with Crippen molar-refractivity contribution < 1.29 is 9.18 Å². The molecule has 34 heavy (non-hydrogen) atoms. The number of anilines is 1. The first kappa shape index (κ1) is 22.2. The van der Waals surface area contributed by atoms with E-state index in [2.05, 4.69) is 20.0 Å². The topological polar surface area (TPSA) is 70.1 Å². The van der Waals surface area contributed by atoms with Crippen molar-refractivity contribution in [2.75, 3.05) is 31.1 Å². The van der Waals surface area contributed by atoms with Gasteiger partial charge < -0.3 is 14.8 Å². The lowest BCUT2D eigenvalue weighted by molar-refractivity contribution is -0.125. The van der Waals surface area contributed by atoms with E-state index in [1.807, 2.05) is 36.1 Å². The average molecular weight is 479 g/mol. The Labute approximate surface area is 201 Å². The van der Waals surface area contributed by atoms with Crippen LogP contribution in [0.3, 0.4) is 0 Å². The molecule has 0 atom stereocenters. The molecule has 7 nitrogen and oxygen atoms in total. The maximum atomic E-state index is 13.2. The molecule has 1 fully saturated rings. The largest absolute Gasteiger partial charge is 0.341 e. The van der Waals surface area contributed by atoms with Crippen LogP contribution >= 0.6 is 11.6 Å². The monoisotopic (exact) mass is 478 g/mol. The molecule has 5 rings (SSSR count). The lowest BCUT2D eigenvalue weighted by Crippen LogP contribution is -2.34. The maximum absolute atomic E-state index is 13.2. The zero-order valence-electron chi connectivity index (χ0n) is 18.7. The highest BCUT2D eigenvalue weighted by molar-refractivity contribution is 6.31. The van der Waals surface area contributed by atoms with Gasteiger partial charge in [-0.1, -0.05) is 23.7 Å². The molecule has 2 aromatic carbocycles. The van der Waals surface area contributed by atoms with Gasteiger partial charge in [0.25, 0.3) is 0 Å². The van der Waals surface area contributed by atoms with Crippen molar-refractivity contribution in [3.05, 3.63) is 76.8 Å². The summed E-state index contributed by atoms with van der Waals surface area (Å²) in [6.07, 6.45) is 4.09. The molecule has 0 spiro atoms. The number of aromatic amines is 1. The van der Waals surface area contributed by atoms with Crippen LogP contribution in [-0.4, -0.2) is 56.7 Å². The predicted octanol–water partition coefficient (Wildman–Crippen LogP) is 4.60. The summed E-state index contributed by atoms with van der Waals surface area (Å²) in [4.78, 5) is 25.0. The summed E-state index contributed by atoms with van der Waals surface area (Å²) < 4.78 is 14.8. The highest BCUT2D eigenvalue weighted by atomic mass is 35.5. The Morgan fingerprint density at radius 3 is 2.68 bits per heavy atom. The summed E-state index contributed by atoms with van der Waals surface area (Å²) in [5.41, 5.74) is 3.94. The molecular weight excluding hydrogens is 455 g/mol. The lowest BCUT2D eigenvalue weighted by Gasteiger charge is -2.20. The zero-order valence-corrected chi connectivity index (χ0v) is 19.5. The van der Waals surface area contributed by atoms with Crippen LogP contribution in [-0.2, 0) is 4.79 Å². The number of fused-ring (bicyclic) bond motifs is 1. The summed E-state index contributed by atoms with van der Waals surface area (Å²) >= 11 is 6.53. The first-order valence-corrected chi connectivity index (χ1v) is 11.5. The summed E-state index contributed by atoms with van der Waals surface area (Å²) in [5.74, 6) is 0.434. The van der Waals surface area contributed by atoms with E-state index in [0.29, 0.717) is 41.7 Å². The molecule has 1 N–H and O–H groups in total. The maximum Gasteiger partial charge on any atom is 0.246 e. The quantitative estimate of drug-likeness (QED) is 0.435. The van der Waals surface area contributed by atoms with E-state index in [9.17, 15) is 9.18 Å². The minimum absolute atomic E-state index is 0.0727. The molecule has 0 saturated carbocycles. The Morgan fingerprint density at radius 1 is 1.09 bits per heavy atom. The van der Waals surface area contributed by atoms with Crippen molar-refractivity contribution in [1.82, 2.24) is 24.6 Å². The van der Waals surface area contributed by atoms with Gasteiger partial charge in [0.1, 0.15) is 11.0 Å². The summed E-state index contributed by atoms with van der Waals surface area (Å²) in [5, 5.41) is 4.82. The third-order valence-electron chi connectivity index (χ3n) is 6.00. The van der Waals surface area contributed by atoms with Crippen LogP contribution in [0.2, 0.25) is 5.15 Å². The van der Waals surface area contributed by atoms with Crippen molar-refractivity contribution in [2.24, 2.45) is 0 Å². The number of rotatable bonds is 4. The molecule has 0 aliphatic carbocycles. The number of carbonyl (C=O) groups excluding carboxylic acids is 1. The molecule has 0 unspecified atom stereocenters. The van der Waals surface area contributed by atoms with Crippen molar-refractivity contribution in [2.45, 2.75) is 13.3 Å². The highest BCUT2D eigenvalue weighted by Crippen LogP contribution is 2.25. The first-order chi connectivity index (χ1) is 16.5. The molecule has 2 aromatic heterocycles. The smallest absolute Gasteiger partial charge is 0.246 e. The first-order valence-electron chi connectivity index (χ1n) is 11.2. The van der Waals surface area contributed by atoms with Gasteiger partial charge >= 0.3 is 0 Å². The van der Waals surface area contributed by atoms with E-state index < -0.39 is 0 Å². The van der Waals surface area contributed by atoms with E-state index in [1.165, 1.54) is 16.8 Å². The van der Waals surface area contributed by atoms with Crippen molar-refractivity contribution in [3.8, 4) is 5.69 Å². The number of halogens is 2. The summed E-state index contributed by atoms with van der Waals surface area (Å²) in [7, 11) is 0. The van der Waals surface area contributed by atoms with Gasteiger partial charge in [0.05, 0.1) is 22.4 Å². The number of para-hydroxylation sites is 2. The van der Waals surface area contributed by atoms with Gasteiger partial charge in [-0.2, -0.15) is 5.10 Å². The second-order valence-electron chi connectivity index (χ2n) is 8.25. The Morgan fingerprint density at radius 2 is 1.88 bits per heavy atom. The number of imidazole rings is 1. The molecule has 4 aromatic rings. The molecule has 0 radical (unpaired) electrons. The predicted molar refractivity (Wildman–Crippen MR) is 132 cm³/mol. The van der Waals surface area contributed by atoms with Gasteiger partial charge in [-0.05, 0) is 55.8 Å². The van der Waals surface area contributed by atoms with E-state index >= 15 is 0 Å². The number of aromatic nitrogens is 4. The number of hydrogen-bond donors (Lipinski definition) is 1. The highest BCUT2D eigenvalue weighted by Gasteiger charge is 2.20. The van der Waals surface area contributed by atoms with E-state index in [0.717, 1.165) is 29.9 Å². The molecular formula is C25H24ClFN6O. The van der Waals surface area contributed by atoms with E-state index in [4.69, 9.17) is 11.6 Å². The van der Waals surface area contributed by atoms with Crippen molar-refractivity contribution in [3.63, 3.8) is 0 Å². The normalized spacial score (nSPS) is 14.8. The Hall–Kier alpha value is -3.65. The van der Waals surface area contributed by atoms with Gasteiger partial charge in [0.2, 0.25) is 11.9 Å². The standard InChI is InChI=1S/C25H24ClFN6O/c1-17-20(24(26)33(30-17)19-9-7-18(27)8-10-19)11-12-23(34)31-13-4-14-32(16-15-31)25-28-21-5-2-3-6-22(21)29-25/h2-3,5-12H,4,13-16H2,1H3,(H,28,29)/b12-11+. The third-order valence-corrected chi connectivity index (χ3v) is 6.36. The molecule has 1 saturated heterocycles. The van der Waals surface area contributed by atoms with Crippen LogP contribution in [0.1, 0.15) is 17.7 Å². The van der Waals surface area contributed by atoms with Crippen molar-refractivity contribution >= 4 is 40.6 Å². The fourth-order valence-corrected chi connectivity index (χ4v) is 4.49. The van der Waals surface area contributed by atoms with Gasteiger partial charge in [-0.15, -0.1) is 0 Å². The Kier molecular flexibility index (Phi) is 6.06. The Balaban J connectivity index is 1.27. The Bertz CT molecular complexity index is 1330. The fraction of sp³-hybridized carbons (Fsp3) is 0.240. The molecule has 174 valence electrons. The van der Waals surface area contributed by atoms with Crippen LogP contribution < -0.4 is 4.90 Å². The van der Waals surface area contributed by atoms with Crippen molar-refractivity contribution in [1.29, 1.82) is 0 Å². The third kappa shape index (κ3) is 4.41. The number of carbonyl (C=O) groups is 1. The molecule has 9 heteroatoms. The minimum atomic E-state index is -0.328. The number of H-pyrrole nitrogens is 1. The number of amides is 1. The number of nitrogens with zero attached hydrogens (tertiary/aromatic N) is 5. The molecule has 0 bridgehead atoms. The molecule has 3 heterocycles. The minimum Gasteiger partial charge on any atom is -0.341 e. The number of nitrogens with one attached hydrogen (secondary N) is 1. The lowest BCUT2D eigenvalue weighted by atomic mass is 10.2. The zero-order chi connectivity index (χ0) is 23.7. The van der Waals surface area contributed by atoms with Crippen LogP contribution in [0.25, 0.3) is 22.8 Å². The average Bonchev–Trinajstić information content (AvgIpc) is 3.28.